The number of rotatable bonds is 6. The van der Waals surface area contributed by atoms with Gasteiger partial charge in [0.25, 0.3) is 0 Å². The Balaban J connectivity index is 3.29. The molecule has 0 spiro atoms. The monoisotopic (exact) mass is 389 g/mol. The molecule has 0 saturated carbocycles. The number of nitrogens with one attached hydrogen (secondary N) is 1. The Labute approximate surface area is 155 Å². The summed E-state index contributed by atoms with van der Waals surface area (Å²) in [7, 11) is 0. The average molecular weight is 389 g/mol. The van der Waals surface area contributed by atoms with Crippen LogP contribution in [0.4, 0.5) is 0 Å². The molecule has 11 heteroatoms. The molecule has 1 aliphatic heterocycles. The van der Waals surface area contributed by atoms with Gasteiger partial charge in [0.2, 0.25) is 12.2 Å². The fourth-order valence-electron chi connectivity index (χ4n) is 2.57. The van der Waals surface area contributed by atoms with Crippen molar-refractivity contribution in [2.75, 3.05) is 6.61 Å². The highest BCUT2D eigenvalue weighted by atomic mass is 16.7. The smallest absolute Gasteiger partial charge is 0.305 e. The molecule has 1 heterocycles. The molecule has 27 heavy (non-hydrogen) atoms. The van der Waals surface area contributed by atoms with E-state index in [9.17, 15) is 24.0 Å². The van der Waals surface area contributed by atoms with Crippen LogP contribution in [0.15, 0.2) is 0 Å². The van der Waals surface area contributed by atoms with Crippen molar-refractivity contribution in [3.63, 3.8) is 0 Å². The van der Waals surface area contributed by atoms with Crippen molar-refractivity contribution >= 4 is 29.8 Å². The first-order valence-corrected chi connectivity index (χ1v) is 8.08. The molecule has 1 fully saturated rings. The summed E-state index contributed by atoms with van der Waals surface area (Å²) in [6.45, 7) is 5.37. The van der Waals surface area contributed by atoms with Crippen LogP contribution in [0.3, 0.4) is 0 Å². The minimum absolute atomic E-state index is 0.353. The summed E-state index contributed by atoms with van der Waals surface area (Å²) in [5.74, 6) is -3.34. The summed E-state index contributed by atoms with van der Waals surface area (Å²) in [5.41, 5.74) is 0. The minimum Gasteiger partial charge on any atom is -0.463 e. The van der Waals surface area contributed by atoms with E-state index in [1.54, 1.807) is 0 Å². The van der Waals surface area contributed by atoms with E-state index in [0.29, 0.717) is 0 Å². The molecular formula is C16H23NO10. The Bertz CT molecular complexity index is 604. The highest BCUT2D eigenvalue weighted by molar-refractivity contribution is 5.74. The summed E-state index contributed by atoms with van der Waals surface area (Å²) >= 11 is 0. The number of esters is 4. The van der Waals surface area contributed by atoms with Crippen molar-refractivity contribution in [3.8, 4) is 0 Å². The van der Waals surface area contributed by atoms with Gasteiger partial charge < -0.3 is 29.0 Å². The normalized spacial score (nSPS) is 27.1. The van der Waals surface area contributed by atoms with Gasteiger partial charge in [0, 0.05) is 34.6 Å². The van der Waals surface area contributed by atoms with Crippen LogP contribution in [0.25, 0.3) is 0 Å². The summed E-state index contributed by atoms with van der Waals surface area (Å²) in [6.07, 6.45) is -4.99. The SMILES string of the molecule is CC(=O)NC1C(OC(C)=O)C(COC(C)=O)OC(OC(C)=O)C1OC(C)=O. The summed E-state index contributed by atoms with van der Waals surface area (Å²) in [6, 6.07) is -1.12. The van der Waals surface area contributed by atoms with E-state index in [4.69, 9.17) is 23.7 Å². The molecule has 0 aliphatic carbocycles. The van der Waals surface area contributed by atoms with Gasteiger partial charge in [-0.1, -0.05) is 0 Å². The zero-order chi connectivity index (χ0) is 20.7. The van der Waals surface area contributed by atoms with Crippen LogP contribution >= 0.6 is 0 Å². The first kappa shape index (κ1) is 22.4. The Morgan fingerprint density at radius 1 is 0.778 bits per heavy atom. The van der Waals surface area contributed by atoms with E-state index in [0.717, 1.165) is 20.8 Å². The van der Waals surface area contributed by atoms with Crippen molar-refractivity contribution < 1.29 is 47.7 Å². The van der Waals surface area contributed by atoms with Gasteiger partial charge in [0.1, 0.15) is 18.8 Å². The van der Waals surface area contributed by atoms with Gasteiger partial charge in [-0.3, -0.25) is 24.0 Å². The molecule has 1 N–H and O–H groups in total. The Hall–Kier alpha value is -2.69. The summed E-state index contributed by atoms with van der Waals surface area (Å²) in [4.78, 5) is 57.2. The number of ether oxygens (including phenoxy) is 5. The lowest BCUT2D eigenvalue weighted by Gasteiger charge is -2.44. The zero-order valence-corrected chi connectivity index (χ0v) is 15.7. The van der Waals surface area contributed by atoms with Crippen LogP contribution in [0.2, 0.25) is 0 Å². The molecule has 5 atom stereocenters. The van der Waals surface area contributed by atoms with Gasteiger partial charge in [-0.25, -0.2) is 0 Å². The minimum atomic E-state index is -1.42. The van der Waals surface area contributed by atoms with Gasteiger partial charge in [0.05, 0.1) is 0 Å². The topological polar surface area (TPSA) is 144 Å². The molecule has 0 radical (unpaired) electrons. The van der Waals surface area contributed by atoms with E-state index in [1.807, 2.05) is 0 Å². The number of carbonyl (C=O) groups is 5. The van der Waals surface area contributed by atoms with E-state index < -0.39 is 60.4 Å². The maximum absolute atomic E-state index is 11.7. The molecule has 1 rings (SSSR count). The van der Waals surface area contributed by atoms with E-state index in [2.05, 4.69) is 5.32 Å². The highest BCUT2D eigenvalue weighted by Crippen LogP contribution is 2.27. The molecule has 5 unspecified atom stereocenters. The van der Waals surface area contributed by atoms with Crippen molar-refractivity contribution in [3.05, 3.63) is 0 Å². The Morgan fingerprint density at radius 3 is 1.74 bits per heavy atom. The van der Waals surface area contributed by atoms with Crippen LogP contribution in [0, 0.1) is 0 Å². The first-order valence-electron chi connectivity index (χ1n) is 8.08. The van der Waals surface area contributed by atoms with Crippen molar-refractivity contribution in [1.29, 1.82) is 0 Å². The second kappa shape index (κ2) is 9.86. The number of amides is 1. The third-order valence-corrected chi connectivity index (χ3v) is 3.36. The second-order valence-corrected chi connectivity index (χ2v) is 5.83. The van der Waals surface area contributed by atoms with Gasteiger partial charge in [-0.15, -0.1) is 0 Å². The molecular weight excluding hydrogens is 366 g/mol. The third-order valence-electron chi connectivity index (χ3n) is 3.36. The van der Waals surface area contributed by atoms with Crippen molar-refractivity contribution in [2.24, 2.45) is 0 Å². The lowest BCUT2D eigenvalue weighted by Crippen LogP contribution is -2.67. The molecule has 1 aliphatic rings. The molecule has 1 amide bonds. The summed E-state index contributed by atoms with van der Waals surface area (Å²) in [5, 5.41) is 2.51. The summed E-state index contributed by atoms with van der Waals surface area (Å²) < 4.78 is 25.9. The molecule has 0 bridgehead atoms. The maximum atomic E-state index is 11.7. The molecule has 0 aromatic rings. The largest absolute Gasteiger partial charge is 0.463 e. The highest BCUT2D eigenvalue weighted by Gasteiger charge is 2.52. The van der Waals surface area contributed by atoms with Crippen LogP contribution in [-0.4, -0.2) is 67.0 Å². The molecule has 0 aromatic carbocycles. The van der Waals surface area contributed by atoms with Crippen LogP contribution in [0.1, 0.15) is 34.6 Å². The number of hydrogen-bond acceptors (Lipinski definition) is 10. The molecule has 152 valence electrons. The number of carbonyl (C=O) groups excluding carboxylic acids is 5. The lowest BCUT2D eigenvalue weighted by molar-refractivity contribution is -0.277. The van der Waals surface area contributed by atoms with Crippen molar-refractivity contribution in [2.45, 2.75) is 65.3 Å². The van der Waals surface area contributed by atoms with Gasteiger partial charge in [-0.2, -0.15) is 0 Å². The second-order valence-electron chi connectivity index (χ2n) is 5.83. The third kappa shape index (κ3) is 7.21. The predicted molar refractivity (Wildman–Crippen MR) is 85.8 cm³/mol. The van der Waals surface area contributed by atoms with E-state index >= 15 is 0 Å². The standard InChI is InChI=1S/C16H23NO10/c1-7(18)17-13-14(24-9(3)20)12(6-23-8(2)19)27-16(26-11(5)22)15(13)25-10(4)21/h12-16H,6H2,1-5H3,(H,17,18). The van der Waals surface area contributed by atoms with E-state index in [1.165, 1.54) is 13.8 Å². The van der Waals surface area contributed by atoms with Gasteiger partial charge in [0.15, 0.2) is 12.2 Å². The average Bonchev–Trinajstić information content (AvgIpc) is 2.49. The zero-order valence-electron chi connectivity index (χ0n) is 15.7. The number of hydrogen-bond donors (Lipinski definition) is 1. The first-order chi connectivity index (χ1) is 12.5. The Morgan fingerprint density at radius 2 is 1.30 bits per heavy atom. The van der Waals surface area contributed by atoms with Gasteiger partial charge in [-0.05, 0) is 0 Å². The van der Waals surface area contributed by atoms with Crippen LogP contribution < -0.4 is 5.32 Å². The molecule has 11 nitrogen and oxygen atoms in total. The predicted octanol–water partition coefficient (Wildman–Crippen LogP) is -0.794. The van der Waals surface area contributed by atoms with Crippen LogP contribution in [-0.2, 0) is 47.7 Å². The van der Waals surface area contributed by atoms with E-state index in [-0.39, 0.29) is 6.61 Å². The lowest BCUT2D eigenvalue weighted by atomic mass is 9.95. The fourth-order valence-corrected chi connectivity index (χ4v) is 2.57. The Kier molecular flexibility index (Phi) is 8.16. The van der Waals surface area contributed by atoms with Gasteiger partial charge >= 0.3 is 23.9 Å². The molecule has 1 saturated heterocycles. The fraction of sp³-hybridized carbons (Fsp3) is 0.688. The van der Waals surface area contributed by atoms with Crippen LogP contribution in [0.5, 0.6) is 0 Å². The molecule has 0 aromatic heterocycles. The maximum Gasteiger partial charge on any atom is 0.305 e. The van der Waals surface area contributed by atoms with Crippen molar-refractivity contribution in [1.82, 2.24) is 5.32 Å². The quantitative estimate of drug-likeness (QED) is 0.453.